The number of ether oxygens (including phenoxy) is 1. The number of nitrogens with zero attached hydrogens (tertiary/aromatic N) is 2. The summed E-state index contributed by atoms with van der Waals surface area (Å²) in [4.78, 5) is 34.8. The minimum Gasteiger partial charge on any atom is -0.452 e. The Morgan fingerprint density at radius 2 is 1.92 bits per heavy atom. The zero-order valence-corrected chi connectivity index (χ0v) is 13.7. The molecule has 2 heterocycles. The molecule has 1 aromatic carbocycles. The highest BCUT2D eigenvalue weighted by Gasteiger charge is 2.11. The summed E-state index contributed by atoms with van der Waals surface area (Å²) in [6.45, 7) is -0.414. The number of hydrogen-bond acceptors (Lipinski definition) is 5. The van der Waals surface area contributed by atoms with E-state index in [1.54, 1.807) is 48.8 Å². The number of benzene rings is 1. The standard InChI is InChI=1S/C17H13ClN4O3/c18-13-5-6-14(21-9-13)22-15(23)10-25-17(24)12-3-1-11(2-4-12)16-19-7-8-20-16/h1-9H,10H2,(H,19,20)(H,21,22,23). The molecular formula is C17H13ClN4O3. The van der Waals surface area contributed by atoms with E-state index in [1.807, 2.05) is 0 Å². The summed E-state index contributed by atoms with van der Waals surface area (Å²) in [6, 6.07) is 9.85. The highest BCUT2D eigenvalue weighted by molar-refractivity contribution is 6.30. The molecule has 0 spiro atoms. The van der Waals surface area contributed by atoms with Gasteiger partial charge in [0.25, 0.3) is 5.91 Å². The van der Waals surface area contributed by atoms with Gasteiger partial charge in [-0.1, -0.05) is 23.7 Å². The van der Waals surface area contributed by atoms with Gasteiger partial charge < -0.3 is 15.0 Å². The van der Waals surface area contributed by atoms with Crippen LogP contribution in [0.4, 0.5) is 5.82 Å². The Labute approximate surface area is 148 Å². The van der Waals surface area contributed by atoms with Crippen LogP contribution < -0.4 is 5.32 Å². The Bertz CT molecular complexity index is 862. The van der Waals surface area contributed by atoms with E-state index >= 15 is 0 Å². The van der Waals surface area contributed by atoms with Gasteiger partial charge >= 0.3 is 5.97 Å². The molecule has 7 nitrogen and oxygen atoms in total. The zero-order chi connectivity index (χ0) is 17.6. The Morgan fingerprint density at radius 3 is 2.56 bits per heavy atom. The number of nitrogens with one attached hydrogen (secondary N) is 2. The molecule has 0 saturated heterocycles. The van der Waals surface area contributed by atoms with Crippen molar-refractivity contribution in [3.63, 3.8) is 0 Å². The van der Waals surface area contributed by atoms with Crippen LogP contribution in [0.2, 0.25) is 5.02 Å². The van der Waals surface area contributed by atoms with E-state index in [0.29, 0.717) is 22.2 Å². The van der Waals surface area contributed by atoms with Crippen LogP contribution in [0.1, 0.15) is 10.4 Å². The lowest BCUT2D eigenvalue weighted by Gasteiger charge is -2.06. The molecule has 0 aliphatic heterocycles. The lowest BCUT2D eigenvalue weighted by molar-refractivity contribution is -0.119. The number of imidazole rings is 1. The molecule has 1 amide bonds. The second kappa shape index (κ2) is 7.59. The minimum absolute atomic E-state index is 0.327. The van der Waals surface area contributed by atoms with Gasteiger partial charge in [0.2, 0.25) is 0 Å². The molecular weight excluding hydrogens is 344 g/mol. The first-order chi connectivity index (χ1) is 12.1. The van der Waals surface area contributed by atoms with Gasteiger partial charge in [0.1, 0.15) is 11.6 Å². The van der Waals surface area contributed by atoms with E-state index in [1.165, 1.54) is 6.20 Å². The van der Waals surface area contributed by atoms with Crippen molar-refractivity contribution < 1.29 is 14.3 Å². The fourth-order valence-electron chi connectivity index (χ4n) is 2.03. The van der Waals surface area contributed by atoms with Crippen LogP contribution in [-0.2, 0) is 9.53 Å². The van der Waals surface area contributed by atoms with Crippen molar-refractivity contribution in [1.29, 1.82) is 0 Å². The third-order valence-electron chi connectivity index (χ3n) is 3.22. The third-order valence-corrected chi connectivity index (χ3v) is 3.45. The molecule has 0 bridgehead atoms. The number of carbonyl (C=O) groups is 2. The van der Waals surface area contributed by atoms with Gasteiger partial charge in [-0.25, -0.2) is 14.8 Å². The summed E-state index contributed by atoms with van der Waals surface area (Å²) >= 11 is 5.71. The number of anilines is 1. The SMILES string of the molecule is O=C(COC(=O)c1ccc(-c2ncc[nH]2)cc1)Nc1ccc(Cl)cn1. The highest BCUT2D eigenvalue weighted by Crippen LogP contribution is 2.15. The van der Waals surface area contributed by atoms with Gasteiger partial charge in [-0.15, -0.1) is 0 Å². The van der Waals surface area contributed by atoms with Gasteiger partial charge in [0.05, 0.1) is 10.6 Å². The van der Waals surface area contributed by atoms with Crippen molar-refractivity contribution in [2.75, 3.05) is 11.9 Å². The van der Waals surface area contributed by atoms with E-state index in [-0.39, 0.29) is 0 Å². The number of aromatic nitrogens is 3. The van der Waals surface area contributed by atoms with Gasteiger partial charge in [-0.2, -0.15) is 0 Å². The predicted molar refractivity (Wildman–Crippen MR) is 92.2 cm³/mol. The number of pyridine rings is 1. The van der Waals surface area contributed by atoms with Gasteiger partial charge in [0.15, 0.2) is 6.61 Å². The smallest absolute Gasteiger partial charge is 0.338 e. The number of amides is 1. The van der Waals surface area contributed by atoms with E-state index in [2.05, 4.69) is 20.3 Å². The summed E-state index contributed by atoms with van der Waals surface area (Å²) < 4.78 is 4.99. The fourth-order valence-corrected chi connectivity index (χ4v) is 2.14. The molecule has 0 saturated carbocycles. The van der Waals surface area contributed by atoms with Crippen molar-refractivity contribution in [3.8, 4) is 11.4 Å². The van der Waals surface area contributed by atoms with Gasteiger partial charge in [-0.05, 0) is 24.3 Å². The van der Waals surface area contributed by atoms with Crippen molar-refractivity contribution in [1.82, 2.24) is 15.0 Å². The van der Waals surface area contributed by atoms with Crippen LogP contribution in [-0.4, -0.2) is 33.4 Å². The van der Waals surface area contributed by atoms with E-state index in [0.717, 1.165) is 5.56 Å². The van der Waals surface area contributed by atoms with E-state index < -0.39 is 18.5 Å². The fraction of sp³-hybridized carbons (Fsp3) is 0.0588. The zero-order valence-electron chi connectivity index (χ0n) is 12.9. The molecule has 8 heteroatoms. The van der Waals surface area contributed by atoms with Crippen molar-refractivity contribution >= 4 is 29.3 Å². The molecule has 25 heavy (non-hydrogen) atoms. The first-order valence-electron chi connectivity index (χ1n) is 7.30. The van der Waals surface area contributed by atoms with Crippen LogP contribution in [0, 0.1) is 0 Å². The summed E-state index contributed by atoms with van der Waals surface area (Å²) in [5, 5.41) is 2.97. The molecule has 0 atom stereocenters. The van der Waals surface area contributed by atoms with E-state index in [4.69, 9.17) is 16.3 Å². The largest absolute Gasteiger partial charge is 0.452 e. The van der Waals surface area contributed by atoms with Crippen LogP contribution in [0.15, 0.2) is 55.0 Å². The lowest BCUT2D eigenvalue weighted by Crippen LogP contribution is -2.21. The number of H-pyrrole nitrogens is 1. The Morgan fingerprint density at radius 1 is 1.12 bits per heavy atom. The third kappa shape index (κ3) is 4.42. The van der Waals surface area contributed by atoms with Crippen LogP contribution >= 0.6 is 11.6 Å². The number of rotatable bonds is 5. The van der Waals surface area contributed by atoms with Gasteiger partial charge in [0, 0.05) is 24.2 Å². The predicted octanol–water partition coefficient (Wildman–Crippen LogP) is 2.92. The number of halogens is 1. The molecule has 3 aromatic rings. The maximum absolute atomic E-state index is 12.0. The Hall–Kier alpha value is -3.19. The normalized spacial score (nSPS) is 10.3. The number of esters is 1. The Kier molecular flexibility index (Phi) is 5.06. The molecule has 0 fully saturated rings. The Balaban J connectivity index is 1.53. The molecule has 2 N–H and O–H groups in total. The number of hydrogen-bond donors (Lipinski definition) is 2. The summed E-state index contributed by atoms with van der Waals surface area (Å²) in [5.74, 6) is -0.0522. The lowest BCUT2D eigenvalue weighted by atomic mass is 10.1. The first kappa shape index (κ1) is 16.7. The van der Waals surface area contributed by atoms with Gasteiger partial charge in [-0.3, -0.25) is 4.79 Å². The van der Waals surface area contributed by atoms with Crippen LogP contribution in [0.25, 0.3) is 11.4 Å². The summed E-state index contributed by atoms with van der Waals surface area (Å²) in [5.41, 5.74) is 1.18. The number of carbonyl (C=O) groups excluding carboxylic acids is 2. The number of aromatic amines is 1. The first-order valence-corrected chi connectivity index (χ1v) is 7.68. The molecule has 2 aromatic heterocycles. The van der Waals surface area contributed by atoms with Crippen molar-refractivity contribution in [2.24, 2.45) is 0 Å². The highest BCUT2D eigenvalue weighted by atomic mass is 35.5. The average Bonchev–Trinajstić information content (AvgIpc) is 3.16. The second-order valence-corrected chi connectivity index (χ2v) is 5.44. The summed E-state index contributed by atoms with van der Waals surface area (Å²) in [6.07, 6.45) is 4.76. The van der Waals surface area contributed by atoms with Crippen molar-refractivity contribution in [3.05, 3.63) is 65.6 Å². The monoisotopic (exact) mass is 356 g/mol. The molecule has 3 rings (SSSR count). The molecule has 0 unspecified atom stereocenters. The topological polar surface area (TPSA) is 97.0 Å². The van der Waals surface area contributed by atoms with E-state index in [9.17, 15) is 9.59 Å². The molecule has 0 aliphatic rings. The van der Waals surface area contributed by atoms with Crippen molar-refractivity contribution in [2.45, 2.75) is 0 Å². The minimum atomic E-state index is -0.592. The van der Waals surface area contributed by atoms with Crippen LogP contribution in [0.3, 0.4) is 0 Å². The quantitative estimate of drug-likeness (QED) is 0.685. The summed E-state index contributed by atoms with van der Waals surface area (Å²) in [7, 11) is 0. The molecule has 0 radical (unpaired) electrons. The second-order valence-electron chi connectivity index (χ2n) is 5.00. The van der Waals surface area contributed by atoms with Crippen LogP contribution in [0.5, 0.6) is 0 Å². The molecule has 0 aliphatic carbocycles. The maximum atomic E-state index is 12.0. The average molecular weight is 357 g/mol. The molecule has 126 valence electrons. The maximum Gasteiger partial charge on any atom is 0.338 e.